The number of amides is 2. The summed E-state index contributed by atoms with van der Waals surface area (Å²) in [6.45, 7) is 2.39. The Labute approximate surface area is 222 Å². The van der Waals surface area contributed by atoms with E-state index in [0.29, 0.717) is 15.9 Å². The van der Waals surface area contributed by atoms with Crippen molar-refractivity contribution in [2.75, 3.05) is 0 Å². The van der Waals surface area contributed by atoms with Gasteiger partial charge in [-0.1, -0.05) is 100 Å². The van der Waals surface area contributed by atoms with E-state index < -0.39 is 22.8 Å². The highest BCUT2D eigenvalue weighted by Gasteiger charge is 2.23. The number of carbonyl (C=O) groups is 2. The Bertz CT molecular complexity index is 1260. The van der Waals surface area contributed by atoms with Crippen LogP contribution < -0.4 is 16.4 Å². The third-order valence-corrected chi connectivity index (χ3v) is 6.67. The first-order valence-corrected chi connectivity index (χ1v) is 13.5. The molecule has 0 fully saturated rings. The number of hydrazine groups is 1. The van der Waals surface area contributed by atoms with Gasteiger partial charge >= 0.3 is 0 Å². The summed E-state index contributed by atoms with van der Waals surface area (Å²) in [4.78, 5) is 38.5. The number of halogens is 1. The highest BCUT2D eigenvalue weighted by molar-refractivity contribution is 6.31. The fraction of sp³-hybridized carbons (Fsp3) is 0.414. The average molecular weight is 526 g/mol. The maximum absolute atomic E-state index is 13.3. The zero-order chi connectivity index (χ0) is 26.6. The highest BCUT2D eigenvalue weighted by Crippen LogP contribution is 2.29. The van der Waals surface area contributed by atoms with Crippen molar-refractivity contribution in [2.45, 2.75) is 77.7 Å². The van der Waals surface area contributed by atoms with E-state index in [4.69, 9.17) is 11.6 Å². The van der Waals surface area contributed by atoms with Gasteiger partial charge in [-0.05, 0) is 30.2 Å². The van der Waals surface area contributed by atoms with Gasteiger partial charge in [0.15, 0.2) is 0 Å². The molecule has 0 bridgehead atoms. The first-order valence-electron chi connectivity index (χ1n) is 13.1. The van der Waals surface area contributed by atoms with Crippen LogP contribution in [0.2, 0.25) is 5.02 Å². The summed E-state index contributed by atoms with van der Waals surface area (Å²) < 4.78 is 1.40. The molecule has 1 heterocycles. The molecular weight excluding hydrogens is 490 g/mol. The van der Waals surface area contributed by atoms with Gasteiger partial charge in [0.1, 0.15) is 11.3 Å². The molecule has 0 saturated heterocycles. The standard InChI is InChI=1S/C29H36ClN3O4/c1-2-3-4-5-6-7-8-9-13-16-25(34)31-32-28(36)26-27(35)23-18-17-22(30)19-24(23)33(29(26)37)20-21-14-11-10-12-15-21/h10-12,14-15,17-19,35H,2-9,13,16,20H2,1H3,(H,31,34)(H,32,36). The van der Waals surface area contributed by atoms with Gasteiger partial charge in [-0.2, -0.15) is 0 Å². The van der Waals surface area contributed by atoms with Crippen LogP contribution in [-0.4, -0.2) is 21.5 Å². The largest absolute Gasteiger partial charge is 0.506 e. The molecule has 1 aromatic heterocycles. The number of unbranched alkanes of at least 4 members (excludes halogenated alkanes) is 8. The Kier molecular flexibility index (Phi) is 11.0. The lowest BCUT2D eigenvalue weighted by atomic mass is 10.1. The van der Waals surface area contributed by atoms with Crippen molar-refractivity contribution in [2.24, 2.45) is 0 Å². The SMILES string of the molecule is CCCCCCCCCCCC(=O)NNC(=O)c1c(O)c2ccc(Cl)cc2n(Cc2ccccc2)c1=O. The Morgan fingerprint density at radius 3 is 2.22 bits per heavy atom. The van der Waals surface area contributed by atoms with Crippen LogP contribution >= 0.6 is 11.6 Å². The third-order valence-electron chi connectivity index (χ3n) is 6.43. The molecule has 37 heavy (non-hydrogen) atoms. The molecule has 0 spiro atoms. The van der Waals surface area contributed by atoms with Crippen LogP contribution in [-0.2, 0) is 11.3 Å². The number of aromatic nitrogens is 1. The summed E-state index contributed by atoms with van der Waals surface area (Å²) in [5.74, 6) is -1.67. The Balaban J connectivity index is 1.63. The van der Waals surface area contributed by atoms with Crippen LogP contribution in [0.3, 0.4) is 0 Å². The number of carbonyl (C=O) groups excluding carboxylic acids is 2. The van der Waals surface area contributed by atoms with Crippen molar-refractivity contribution in [1.29, 1.82) is 0 Å². The average Bonchev–Trinajstić information content (AvgIpc) is 2.89. The highest BCUT2D eigenvalue weighted by atomic mass is 35.5. The quantitative estimate of drug-likeness (QED) is 0.186. The first-order chi connectivity index (χ1) is 17.9. The maximum atomic E-state index is 13.3. The van der Waals surface area contributed by atoms with Crippen LogP contribution in [0.15, 0.2) is 53.3 Å². The monoisotopic (exact) mass is 525 g/mol. The molecule has 0 atom stereocenters. The van der Waals surface area contributed by atoms with E-state index in [1.165, 1.54) is 43.1 Å². The molecule has 0 aliphatic heterocycles. The smallest absolute Gasteiger partial charge is 0.279 e. The Morgan fingerprint density at radius 2 is 1.54 bits per heavy atom. The van der Waals surface area contributed by atoms with Crippen molar-refractivity contribution in [3.05, 3.63) is 75.0 Å². The third kappa shape index (κ3) is 8.09. The molecule has 3 N–H and O–H groups in total. The van der Waals surface area contributed by atoms with Crippen molar-refractivity contribution in [1.82, 2.24) is 15.4 Å². The summed E-state index contributed by atoms with van der Waals surface area (Å²) in [6.07, 6.45) is 10.5. The van der Waals surface area contributed by atoms with Crippen LogP contribution in [0.4, 0.5) is 0 Å². The van der Waals surface area contributed by atoms with Crippen LogP contribution in [0.5, 0.6) is 5.75 Å². The molecule has 2 aromatic carbocycles. The molecule has 3 aromatic rings. The summed E-state index contributed by atoms with van der Waals surface area (Å²) in [6, 6.07) is 14.0. The minimum Gasteiger partial charge on any atom is -0.506 e. The minimum absolute atomic E-state index is 0.183. The lowest BCUT2D eigenvalue weighted by Crippen LogP contribution is -2.44. The number of aromatic hydroxyl groups is 1. The Hall–Kier alpha value is -3.32. The molecule has 0 aliphatic carbocycles. The Morgan fingerprint density at radius 1 is 0.892 bits per heavy atom. The van der Waals surface area contributed by atoms with Crippen molar-refractivity contribution in [3.8, 4) is 5.75 Å². The molecule has 0 aliphatic rings. The second-order valence-electron chi connectivity index (χ2n) is 9.34. The van der Waals surface area contributed by atoms with E-state index in [1.807, 2.05) is 30.3 Å². The molecule has 0 unspecified atom stereocenters. The van der Waals surface area contributed by atoms with Crippen LogP contribution in [0.25, 0.3) is 10.9 Å². The fourth-order valence-corrected chi connectivity index (χ4v) is 4.55. The van der Waals surface area contributed by atoms with Crippen LogP contribution in [0.1, 0.15) is 87.1 Å². The molecule has 8 heteroatoms. The van der Waals surface area contributed by atoms with Crippen LogP contribution in [0, 0.1) is 0 Å². The molecule has 0 saturated carbocycles. The zero-order valence-electron chi connectivity index (χ0n) is 21.4. The topological polar surface area (TPSA) is 100 Å². The van der Waals surface area contributed by atoms with Gasteiger partial charge in [0.25, 0.3) is 11.5 Å². The number of pyridine rings is 1. The molecule has 0 radical (unpaired) electrons. The van der Waals surface area contributed by atoms with Gasteiger partial charge in [-0.25, -0.2) is 0 Å². The van der Waals surface area contributed by atoms with Gasteiger partial charge in [0.2, 0.25) is 5.91 Å². The summed E-state index contributed by atoms with van der Waals surface area (Å²) >= 11 is 6.16. The van der Waals surface area contributed by atoms with Gasteiger partial charge in [0, 0.05) is 16.8 Å². The number of hydrogen-bond donors (Lipinski definition) is 3. The van der Waals surface area contributed by atoms with E-state index in [9.17, 15) is 19.5 Å². The van der Waals surface area contributed by atoms with E-state index in [2.05, 4.69) is 17.8 Å². The summed E-state index contributed by atoms with van der Waals surface area (Å²) in [7, 11) is 0. The van der Waals surface area contributed by atoms with Gasteiger partial charge in [-0.15, -0.1) is 0 Å². The predicted molar refractivity (Wildman–Crippen MR) is 148 cm³/mol. The lowest BCUT2D eigenvalue weighted by molar-refractivity contribution is -0.122. The molecule has 3 rings (SSSR count). The van der Waals surface area contributed by atoms with Gasteiger partial charge < -0.3 is 9.67 Å². The first kappa shape index (κ1) is 28.3. The normalized spacial score (nSPS) is 11.0. The molecule has 198 valence electrons. The minimum atomic E-state index is -0.874. The number of fused-ring (bicyclic) bond motifs is 1. The molecular formula is C29H36ClN3O4. The maximum Gasteiger partial charge on any atom is 0.279 e. The number of nitrogens with zero attached hydrogens (tertiary/aromatic N) is 1. The van der Waals surface area contributed by atoms with Crippen molar-refractivity contribution >= 4 is 34.3 Å². The van der Waals surface area contributed by atoms with E-state index >= 15 is 0 Å². The lowest BCUT2D eigenvalue weighted by Gasteiger charge is -2.16. The number of benzene rings is 2. The second kappa shape index (κ2) is 14.4. The number of rotatable bonds is 13. The van der Waals surface area contributed by atoms with Gasteiger partial charge in [0.05, 0.1) is 12.1 Å². The number of hydrogen-bond acceptors (Lipinski definition) is 4. The summed E-state index contributed by atoms with van der Waals surface area (Å²) in [5.41, 5.74) is 4.80. The summed E-state index contributed by atoms with van der Waals surface area (Å²) in [5, 5.41) is 11.5. The predicted octanol–water partition coefficient (Wildman–Crippen LogP) is 6.09. The second-order valence-corrected chi connectivity index (χ2v) is 9.78. The van der Waals surface area contributed by atoms with E-state index in [1.54, 1.807) is 18.2 Å². The van der Waals surface area contributed by atoms with E-state index in [-0.39, 0.29) is 18.9 Å². The van der Waals surface area contributed by atoms with Gasteiger partial charge in [-0.3, -0.25) is 25.2 Å². The van der Waals surface area contributed by atoms with E-state index in [0.717, 1.165) is 24.8 Å². The van der Waals surface area contributed by atoms with Crippen molar-refractivity contribution < 1.29 is 14.7 Å². The molecule has 7 nitrogen and oxygen atoms in total. The molecule has 2 amide bonds. The van der Waals surface area contributed by atoms with Crippen molar-refractivity contribution in [3.63, 3.8) is 0 Å². The fourth-order valence-electron chi connectivity index (χ4n) is 4.38. The zero-order valence-corrected chi connectivity index (χ0v) is 22.2. The number of nitrogens with one attached hydrogen (secondary N) is 2.